The van der Waals surface area contributed by atoms with E-state index in [1.54, 1.807) is 10.8 Å². The molecule has 1 unspecified atom stereocenters. The molecular weight excluding hydrogens is 364 g/mol. The number of nitrogen functional groups attached to an aromatic ring is 1. The highest BCUT2D eigenvalue weighted by Gasteiger charge is 2.19. The molecule has 4 rings (SSSR count). The molecule has 0 saturated carbocycles. The van der Waals surface area contributed by atoms with Gasteiger partial charge in [0.15, 0.2) is 0 Å². The minimum atomic E-state index is -0.305. The number of nitrogens with two attached hydrogens (primary N) is 1. The van der Waals surface area contributed by atoms with E-state index in [4.69, 9.17) is 10.7 Å². The Hall–Kier alpha value is -3.74. The number of aromatic nitrogens is 4. The normalized spacial score (nSPS) is 12.1. The Morgan fingerprint density at radius 3 is 2.52 bits per heavy atom. The van der Waals surface area contributed by atoms with Crippen molar-refractivity contribution >= 4 is 22.7 Å². The van der Waals surface area contributed by atoms with Crippen LogP contribution in [-0.4, -0.2) is 19.5 Å². The molecule has 146 valence electrons. The molecule has 2 heterocycles. The van der Waals surface area contributed by atoms with Crippen molar-refractivity contribution in [2.75, 3.05) is 11.1 Å². The van der Waals surface area contributed by atoms with Gasteiger partial charge in [0.2, 0.25) is 5.95 Å². The first-order valence-electron chi connectivity index (χ1n) is 9.39. The number of benzene rings is 2. The van der Waals surface area contributed by atoms with Crippen LogP contribution in [0.5, 0.6) is 0 Å². The predicted molar refractivity (Wildman–Crippen MR) is 115 cm³/mol. The van der Waals surface area contributed by atoms with Crippen LogP contribution in [-0.2, 0) is 0 Å². The molecule has 0 bridgehead atoms. The second-order valence-corrected chi connectivity index (χ2v) is 7.04. The summed E-state index contributed by atoms with van der Waals surface area (Å²) in [5.74, 6) is 1.40. The molecule has 0 aliphatic heterocycles. The van der Waals surface area contributed by atoms with E-state index in [0.29, 0.717) is 22.5 Å². The number of fused-ring (bicyclic) bond motifs is 1. The number of aryl methyl sites for hydroxylation is 2. The summed E-state index contributed by atoms with van der Waals surface area (Å²) in [6.45, 7) is 5.77. The lowest BCUT2D eigenvalue weighted by atomic mass is 10.1. The molecule has 4 aromatic rings. The Morgan fingerprint density at radius 2 is 1.76 bits per heavy atom. The molecule has 0 aliphatic rings. The van der Waals surface area contributed by atoms with Crippen LogP contribution in [0.15, 0.2) is 59.5 Å². The molecule has 0 fully saturated rings. The van der Waals surface area contributed by atoms with E-state index >= 15 is 0 Å². The summed E-state index contributed by atoms with van der Waals surface area (Å²) in [6, 6.07) is 14.9. The molecule has 0 amide bonds. The predicted octanol–water partition coefficient (Wildman–Crippen LogP) is 3.55. The summed E-state index contributed by atoms with van der Waals surface area (Å²) >= 11 is 0. The molecule has 0 aliphatic carbocycles. The van der Waals surface area contributed by atoms with Crippen molar-refractivity contribution in [2.45, 2.75) is 26.8 Å². The van der Waals surface area contributed by atoms with Crippen LogP contribution in [0.25, 0.3) is 16.6 Å². The second-order valence-electron chi connectivity index (χ2n) is 7.04. The van der Waals surface area contributed by atoms with Crippen molar-refractivity contribution in [3.8, 4) is 5.69 Å². The number of para-hydroxylation sites is 1. The molecule has 2 aromatic heterocycles. The van der Waals surface area contributed by atoms with Gasteiger partial charge in [-0.3, -0.25) is 9.36 Å². The fourth-order valence-electron chi connectivity index (χ4n) is 3.40. The largest absolute Gasteiger partial charge is 0.368 e. The highest BCUT2D eigenvalue weighted by Crippen LogP contribution is 2.23. The van der Waals surface area contributed by atoms with Gasteiger partial charge in [-0.2, -0.15) is 4.98 Å². The van der Waals surface area contributed by atoms with Crippen molar-refractivity contribution in [1.29, 1.82) is 0 Å². The first-order chi connectivity index (χ1) is 14.0. The number of nitrogens with one attached hydrogen (secondary N) is 1. The average Bonchev–Trinajstić information content (AvgIpc) is 2.71. The lowest BCUT2D eigenvalue weighted by molar-refractivity contribution is 0.730. The van der Waals surface area contributed by atoms with E-state index in [0.717, 1.165) is 16.8 Å². The van der Waals surface area contributed by atoms with Crippen LogP contribution < -0.4 is 16.6 Å². The first kappa shape index (κ1) is 18.6. The van der Waals surface area contributed by atoms with E-state index in [-0.39, 0.29) is 17.5 Å². The fraction of sp³-hybridized carbons (Fsp3) is 0.182. The van der Waals surface area contributed by atoms with Crippen molar-refractivity contribution in [3.63, 3.8) is 0 Å². The highest BCUT2D eigenvalue weighted by atomic mass is 16.1. The van der Waals surface area contributed by atoms with Gasteiger partial charge in [0, 0.05) is 11.8 Å². The number of nitrogens with zero attached hydrogens (tertiary/aromatic N) is 4. The van der Waals surface area contributed by atoms with Gasteiger partial charge < -0.3 is 11.1 Å². The van der Waals surface area contributed by atoms with Gasteiger partial charge in [0.05, 0.1) is 22.6 Å². The third-order valence-electron chi connectivity index (χ3n) is 4.88. The molecule has 0 saturated heterocycles. The number of rotatable bonds is 4. The maximum Gasteiger partial charge on any atom is 0.266 e. The van der Waals surface area contributed by atoms with E-state index in [9.17, 15) is 4.79 Å². The Morgan fingerprint density at radius 1 is 1.00 bits per heavy atom. The van der Waals surface area contributed by atoms with Gasteiger partial charge in [-0.05, 0) is 44.5 Å². The topological polar surface area (TPSA) is 98.7 Å². The summed E-state index contributed by atoms with van der Waals surface area (Å²) in [4.78, 5) is 26.6. The van der Waals surface area contributed by atoms with Gasteiger partial charge in [0.1, 0.15) is 11.6 Å². The molecular formula is C22H22N6O. The van der Waals surface area contributed by atoms with Crippen molar-refractivity contribution in [1.82, 2.24) is 19.5 Å². The lowest BCUT2D eigenvalue weighted by Gasteiger charge is -2.21. The van der Waals surface area contributed by atoms with Crippen molar-refractivity contribution in [3.05, 3.63) is 82.0 Å². The monoisotopic (exact) mass is 386 g/mol. The maximum atomic E-state index is 13.5. The molecule has 7 nitrogen and oxygen atoms in total. The van der Waals surface area contributed by atoms with E-state index in [1.165, 1.54) is 0 Å². The molecule has 2 aromatic carbocycles. The zero-order valence-corrected chi connectivity index (χ0v) is 16.5. The summed E-state index contributed by atoms with van der Waals surface area (Å²) in [6.07, 6.45) is 1.67. The molecule has 3 N–H and O–H groups in total. The molecule has 7 heteroatoms. The van der Waals surface area contributed by atoms with Crippen LogP contribution in [0.3, 0.4) is 0 Å². The van der Waals surface area contributed by atoms with E-state index in [2.05, 4.69) is 15.3 Å². The van der Waals surface area contributed by atoms with Gasteiger partial charge in [-0.25, -0.2) is 9.97 Å². The quantitative estimate of drug-likeness (QED) is 0.556. The van der Waals surface area contributed by atoms with Gasteiger partial charge >= 0.3 is 0 Å². The van der Waals surface area contributed by atoms with Crippen molar-refractivity contribution in [2.24, 2.45) is 0 Å². The summed E-state index contributed by atoms with van der Waals surface area (Å²) in [5, 5.41) is 3.95. The summed E-state index contributed by atoms with van der Waals surface area (Å²) in [5.41, 5.74) is 8.84. The van der Waals surface area contributed by atoms with Gasteiger partial charge in [-0.1, -0.05) is 30.3 Å². The Labute approximate surface area is 168 Å². The minimum Gasteiger partial charge on any atom is -0.368 e. The third kappa shape index (κ3) is 3.42. The van der Waals surface area contributed by atoms with Crippen molar-refractivity contribution < 1.29 is 0 Å². The maximum absolute atomic E-state index is 13.5. The summed E-state index contributed by atoms with van der Waals surface area (Å²) in [7, 11) is 0. The van der Waals surface area contributed by atoms with E-state index in [1.807, 2.05) is 69.3 Å². The Balaban J connectivity index is 1.93. The molecule has 1 atom stereocenters. The van der Waals surface area contributed by atoms with Crippen LogP contribution >= 0.6 is 0 Å². The van der Waals surface area contributed by atoms with Crippen LogP contribution in [0, 0.1) is 13.8 Å². The number of hydrogen-bond acceptors (Lipinski definition) is 6. The zero-order valence-electron chi connectivity index (χ0n) is 16.5. The first-order valence-corrected chi connectivity index (χ1v) is 9.39. The van der Waals surface area contributed by atoms with Crippen LogP contribution in [0.2, 0.25) is 0 Å². The van der Waals surface area contributed by atoms with E-state index < -0.39 is 0 Å². The smallest absolute Gasteiger partial charge is 0.266 e. The van der Waals surface area contributed by atoms with Crippen LogP contribution in [0.1, 0.15) is 29.9 Å². The zero-order chi connectivity index (χ0) is 20.5. The number of hydrogen-bond donors (Lipinski definition) is 2. The van der Waals surface area contributed by atoms with Gasteiger partial charge in [0.25, 0.3) is 5.56 Å². The van der Waals surface area contributed by atoms with Crippen LogP contribution in [0.4, 0.5) is 11.8 Å². The Kier molecular flexibility index (Phi) is 4.72. The molecule has 29 heavy (non-hydrogen) atoms. The fourth-order valence-corrected chi connectivity index (χ4v) is 3.40. The SMILES string of the molecule is Cc1cnc(N)nc1NC(C)c1nc2cccc(C)c2c(=O)n1-c1ccccc1. The Bertz CT molecular complexity index is 1250. The lowest BCUT2D eigenvalue weighted by Crippen LogP contribution is -2.28. The number of anilines is 2. The summed E-state index contributed by atoms with van der Waals surface area (Å²) < 4.78 is 1.66. The third-order valence-corrected chi connectivity index (χ3v) is 4.88. The molecule has 0 radical (unpaired) electrons. The highest BCUT2D eigenvalue weighted by molar-refractivity contribution is 5.81. The standard InChI is InChI=1S/C22H22N6O/c1-13-8-7-11-17-18(13)21(29)28(16-9-5-4-6-10-16)20(26-17)15(3)25-19-14(2)12-24-22(23)27-19/h4-12,15H,1-3H3,(H3,23,24,25,27). The minimum absolute atomic E-state index is 0.0955. The molecule has 0 spiro atoms. The average molecular weight is 386 g/mol. The second kappa shape index (κ2) is 7.35. The van der Waals surface area contributed by atoms with Gasteiger partial charge in [-0.15, -0.1) is 0 Å².